The fraction of sp³-hybridized carbons (Fsp3) is 0.250. The van der Waals surface area contributed by atoms with Crippen LogP contribution in [0, 0.1) is 0 Å². The van der Waals surface area contributed by atoms with E-state index in [0.29, 0.717) is 17.7 Å². The van der Waals surface area contributed by atoms with Crippen LogP contribution in [0.15, 0.2) is 49.1 Å². The summed E-state index contributed by atoms with van der Waals surface area (Å²) in [5, 5.41) is 0. The Balaban J connectivity index is 2.17. The Bertz CT molecular complexity index is 851. The molecule has 0 bridgehead atoms. The minimum absolute atomic E-state index is 0.0477. The number of halogens is 2. The van der Waals surface area contributed by atoms with Crippen molar-refractivity contribution in [1.82, 2.24) is 0 Å². The maximum absolute atomic E-state index is 12.8. The van der Waals surface area contributed by atoms with Crippen LogP contribution < -0.4 is 15.2 Å². The zero-order chi connectivity index (χ0) is 18.8. The first-order valence-corrected chi connectivity index (χ1v) is 8.21. The van der Waals surface area contributed by atoms with Crippen molar-refractivity contribution in [2.24, 2.45) is 5.73 Å². The molecule has 1 aliphatic heterocycles. The third kappa shape index (κ3) is 3.27. The lowest BCUT2D eigenvalue weighted by Gasteiger charge is -2.30. The minimum Gasteiger partial charge on any atom is -0.485 e. The third-order valence-electron chi connectivity index (χ3n) is 4.47. The summed E-state index contributed by atoms with van der Waals surface area (Å²) < 4.78 is 36.3. The van der Waals surface area contributed by atoms with Gasteiger partial charge in [-0.3, -0.25) is 4.79 Å². The lowest BCUT2D eigenvalue weighted by Crippen LogP contribution is -2.20. The molecule has 1 heterocycles. The zero-order valence-electron chi connectivity index (χ0n) is 14.2. The van der Waals surface area contributed by atoms with Crippen molar-refractivity contribution in [1.29, 1.82) is 0 Å². The van der Waals surface area contributed by atoms with E-state index in [2.05, 4.69) is 11.3 Å². The van der Waals surface area contributed by atoms with Crippen molar-refractivity contribution >= 4 is 5.91 Å². The van der Waals surface area contributed by atoms with Crippen LogP contribution in [-0.2, 0) is 4.79 Å². The molecule has 0 radical (unpaired) electrons. The van der Waals surface area contributed by atoms with E-state index in [1.54, 1.807) is 37.3 Å². The van der Waals surface area contributed by atoms with E-state index in [1.807, 2.05) is 6.07 Å². The molecule has 0 aromatic heterocycles. The number of hydrogen-bond donors (Lipinski definition) is 1. The molecule has 1 aliphatic rings. The Morgan fingerprint density at radius 3 is 2.81 bits per heavy atom. The Morgan fingerprint density at radius 1 is 1.38 bits per heavy atom. The summed E-state index contributed by atoms with van der Waals surface area (Å²) in [6.07, 6.45) is 1.92. The van der Waals surface area contributed by atoms with E-state index in [9.17, 15) is 13.6 Å². The fourth-order valence-electron chi connectivity index (χ4n) is 3.12. The summed E-state index contributed by atoms with van der Waals surface area (Å²) in [6, 6.07) is 10.2. The van der Waals surface area contributed by atoms with Crippen LogP contribution in [0.25, 0.3) is 11.1 Å². The number of primary amides is 1. The highest BCUT2D eigenvalue weighted by atomic mass is 19.3. The van der Waals surface area contributed by atoms with Gasteiger partial charge < -0.3 is 15.2 Å². The first kappa shape index (κ1) is 17.9. The molecule has 3 rings (SSSR count). The van der Waals surface area contributed by atoms with Crippen LogP contribution in [0.3, 0.4) is 0 Å². The van der Waals surface area contributed by atoms with E-state index in [4.69, 9.17) is 10.5 Å². The van der Waals surface area contributed by atoms with Crippen molar-refractivity contribution in [2.75, 3.05) is 0 Å². The topological polar surface area (TPSA) is 61.6 Å². The molecule has 0 saturated carbocycles. The second-order valence-electron chi connectivity index (χ2n) is 6.11. The van der Waals surface area contributed by atoms with Crippen molar-refractivity contribution in [3.63, 3.8) is 0 Å². The van der Waals surface area contributed by atoms with Gasteiger partial charge in [0.1, 0.15) is 17.6 Å². The SMILES string of the molecule is C=CCC1Oc2cccc(OC(F)F)c2-c2ccc(C(C)C(N)=O)cc21. The average molecular weight is 359 g/mol. The monoisotopic (exact) mass is 359 g/mol. The summed E-state index contributed by atoms with van der Waals surface area (Å²) in [7, 11) is 0. The zero-order valence-corrected chi connectivity index (χ0v) is 14.2. The standard InChI is InChI=1S/C20H19F2NO3/c1-3-5-15-14-10-12(11(2)19(23)24)8-9-13(14)18-16(25-15)6-4-7-17(18)26-20(21)22/h3-4,6-11,15,20H,1,5H2,2H3,(H2,23,24). The summed E-state index contributed by atoms with van der Waals surface area (Å²) in [6.45, 7) is 2.53. The fourth-order valence-corrected chi connectivity index (χ4v) is 3.12. The molecule has 2 aromatic rings. The number of alkyl halides is 2. The summed E-state index contributed by atoms with van der Waals surface area (Å²) in [5.41, 5.74) is 8.13. The number of benzene rings is 2. The Kier molecular flexibility index (Phi) is 4.93. The van der Waals surface area contributed by atoms with Gasteiger partial charge in [-0.2, -0.15) is 8.78 Å². The maximum Gasteiger partial charge on any atom is 0.387 e. The molecule has 2 atom stereocenters. The van der Waals surface area contributed by atoms with Crippen LogP contribution in [0.4, 0.5) is 8.78 Å². The largest absolute Gasteiger partial charge is 0.485 e. The van der Waals surface area contributed by atoms with E-state index < -0.39 is 18.4 Å². The second kappa shape index (κ2) is 7.15. The lowest BCUT2D eigenvalue weighted by molar-refractivity contribution is -0.119. The predicted molar refractivity (Wildman–Crippen MR) is 94.3 cm³/mol. The van der Waals surface area contributed by atoms with Crippen molar-refractivity contribution < 1.29 is 23.0 Å². The van der Waals surface area contributed by atoms with Gasteiger partial charge in [-0.15, -0.1) is 6.58 Å². The molecule has 136 valence electrons. The van der Waals surface area contributed by atoms with Gasteiger partial charge in [0.05, 0.1) is 11.5 Å². The van der Waals surface area contributed by atoms with Gasteiger partial charge in [0.25, 0.3) is 0 Å². The first-order valence-electron chi connectivity index (χ1n) is 8.21. The highest BCUT2D eigenvalue weighted by molar-refractivity contribution is 5.84. The molecule has 2 aromatic carbocycles. The molecule has 0 fully saturated rings. The number of fused-ring (bicyclic) bond motifs is 3. The molecule has 0 aliphatic carbocycles. The molecular formula is C20H19F2NO3. The number of hydrogen-bond acceptors (Lipinski definition) is 3. The van der Waals surface area contributed by atoms with Crippen LogP contribution in [-0.4, -0.2) is 12.5 Å². The third-order valence-corrected chi connectivity index (χ3v) is 4.47. The van der Waals surface area contributed by atoms with Gasteiger partial charge in [0, 0.05) is 12.0 Å². The Labute approximate surface area is 150 Å². The molecular weight excluding hydrogens is 340 g/mol. The summed E-state index contributed by atoms with van der Waals surface area (Å²) in [4.78, 5) is 11.5. The van der Waals surface area contributed by atoms with E-state index >= 15 is 0 Å². The summed E-state index contributed by atoms with van der Waals surface area (Å²) >= 11 is 0. The van der Waals surface area contributed by atoms with Gasteiger partial charge >= 0.3 is 6.61 Å². The van der Waals surface area contributed by atoms with Crippen molar-refractivity contribution in [3.05, 3.63) is 60.2 Å². The number of amides is 1. The van der Waals surface area contributed by atoms with E-state index in [-0.39, 0.29) is 11.9 Å². The van der Waals surface area contributed by atoms with Crippen LogP contribution in [0.2, 0.25) is 0 Å². The molecule has 0 saturated heterocycles. The normalized spacial score (nSPS) is 16.2. The van der Waals surface area contributed by atoms with E-state index in [1.165, 1.54) is 6.07 Å². The van der Waals surface area contributed by atoms with Crippen molar-refractivity contribution in [2.45, 2.75) is 32.0 Å². The molecule has 0 spiro atoms. The molecule has 4 nitrogen and oxygen atoms in total. The van der Waals surface area contributed by atoms with Gasteiger partial charge in [-0.25, -0.2) is 0 Å². The average Bonchev–Trinajstić information content (AvgIpc) is 2.60. The van der Waals surface area contributed by atoms with Gasteiger partial charge in [0.15, 0.2) is 0 Å². The first-order chi connectivity index (χ1) is 12.4. The van der Waals surface area contributed by atoms with Crippen molar-refractivity contribution in [3.8, 4) is 22.6 Å². The second-order valence-corrected chi connectivity index (χ2v) is 6.11. The highest BCUT2D eigenvalue weighted by Crippen LogP contribution is 2.48. The smallest absolute Gasteiger partial charge is 0.387 e. The van der Waals surface area contributed by atoms with Crippen LogP contribution in [0.1, 0.15) is 36.5 Å². The van der Waals surface area contributed by atoms with Crippen LogP contribution >= 0.6 is 0 Å². The Morgan fingerprint density at radius 2 is 2.15 bits per heavy atom. The number of nitrogens with two attached hydrogens (primary N) is 1. The number of carbonyl (C=O) groups is 1. The number of ether oxygens (including phenoxy) is 2. The number of carbonyl (C=O) groups excluding carboxylic acids is 1. The van der Waals surface area contributed by atoms with Gasteiger partial charge in [-0.1, -0.05) is 30.3 Å². The molecule has 1 amide bonds. The molecule has 26 heavy (non-hydrogen) atoms. The highest BCUT2D eigenvalue weighted by Gasteiger charge is 2.29. The molecule has 6 heteroatoms. The lowest BCUT2D eigenvalue weighted by atomic mass is 9.87. The van der Waals surface area contributed by atoms with Crippen LogP contribution in [0.5, 0.6) is 11.5 Å². The van der Waals surface area contributed by atoms with Gasteiger partial charge in [0.2, 0.25) is 5.91 Å². The molecule has 2 unspecified atom stereocenters. The summed E-state index contributed by atoms with van der Waals surface area (Å²) in [5.74, 6) is -0.396. The quantitative estimate of drug-likeness (QED) is 0.770. The number of rotatable bonds is 6. The molecule has 2 N–H and O–H groups in total. The Hall–Kier alpha value is -2.89. The predicted octanol–water partition coefficient (Wildman–Crippen LogP) is 4.55. The van der Waals surface area contributed by atoms with E-state index in [0.717, 1.165) is 16.7 Å². The maximum atomic E-state index is 12.8. The van der Waals surface area contributed by atoms with Gasteiger partial charge in [-0.05, 0) is 30.2 Å². The minimum atomic E-state index is -2.94.